The van der Waals surface area contributed by atoms with Crippen LogP contribution in [0.5, 0.6) is 0 Å². The molecule has 1 aliphatic carbocycles. The predicted octanol–water partition coefficient (Wildman–Crippen LogP) is 4.49. The van der Waals surface area contributed by atoms with Gasteiger partial charge in [-0.15, -0.1) is 0 Å². The van der Waals surface area contributed by atoms with Crippen molar-refractivity contribution in [2.45, 2.75) is 31.9 Å². The van der Waals surface area contributed by atoms with Gasteiger partial charge >= 0.3 is 6.18 Å². The maximum absolute atomic E-state index is 12.6. The van der Waals surface area contributed by atoms with Crippen LogP contribution in [0.15, 0.2) is 29.8 Å². The molecule has 0 saturated heterocycles. The second kappa shape index (κ2) is 6.00. The monoisotopic (exact) mass is 280 g/mol. The smallest absolute Gasteiger partial charge is 0.384 e. The number of nitrogens with one attached hydrogen (secondary N) is 1. The molecule has 1 N–H and O–H groups in total. The summed E-state index contributed by atoms with van der Waals surface area (Å²) in [5, 5.41) is 12.0. The van der Waals surface area contributed by atoms with Crippen molar-refractivity contribution < 1.29 is 13.2 Å². The van der Waals surface area contributed by atoms with Gasteiger partial charge in [-0.2, -0.15) is 18.4 Å². The molecule has 0 aromatic heterocycles. The molecule has 0 aliphatic heterocycles. The number of halogens is 3. The van der Waals surface area contributed by atoms with Crippen molar-refractivity contribution in [2.24, 2.45) is 0 Å². The standard InChI is InChI=1S/C15H15F3N2/c16-15(17,18)13-5-6-14(12(9-13)10-19)20-8-7-11-3-1-2-4-11/h3,5-6,9,20H,1-2,4,7-8H2. The third-order valence-corrected chi connectivity index (χ3v) is 3.36. The molecule has 0 bridgehead atoms. The average molecular weight is 280 g/mol. The fraction of sp³-hybridized carbons (Fsp3) is 0.400. The van der Waals surface area contributed by atoms with Gasteiger partial charge in [0.25, 0.3) is 0 Å². The number of rotatable bonds is 4. The molecule has 0 spiro atoms. The molecular weight excluding hydrogens is 265 g/mol. The van der Waals surface area contributed by atoms with Crippen LogP contribution in [-0.4, -0.2) is 6.54 Å². The summed E-state index contributed by atoms with van der Waals surface area (Å²) in [5.41, 5.74) is 1.07. The van der Waals surface area contributed by atoms with Crippen molar-refractivity contribution >= 4 is 5.69 Å². The van der Waals surface area contributed by atoms with Crippen molar-refractivity contribution in [1.29, 1.82) is 5.26 Å². The maximum atomic E-state index is 12.6. The largest absolute Gasteiger partial charge is 0.416 e. The molecule has 1 aromatic carbocycles. The van der Waals surface area contributed by atoms with Crippen LogP contribution in [0.3, 0.4) is 0 Å². The highest BCUT2D eigenvalue weighted by Crippen LogP contribution is 2.31. The zero-order valence-electron chi connectivity index (χ0n) is 10.9. The number of alkyl halides is 3. The Hall–Kier alpha value is -1.96. The molecule has 2 nitrogen and oxygen atoms in total. The van der Waals surface area contributed by atoms with Gasteiger partial charge in [0.2, 0.25) is 0 Å². The molecule has 1 aromatic rings. The molecule has 0 atom stereocenters. The highest BCUT2D eigenvalue weighted by Gasteiger charge is 2.31. The second-order valence-corrected chi connectivity index (χ2v) is 4.80. The topological polar surface area (TPSA) is 35.8 Å². The van der Waals surface area contributed by atoms with Gasteiger partial charge in [-0.05, 0) is 43.9 Å². The minimum absolute atomic E-state index is 0.0280. The minimum Gasteiger partial charge on any atom is -0.384 e. The van der Waals surface area contributed by atoms with Gasteiger partial charge in [0.15, 0.2) is 0 Å². The molecule has 106 valence electrons. The Morgan fingerprint density at radius 1 is 1.30 bits per heavy atom. The summed E-state index contributed by atoms with van der Waals surface area (Å²) in [5.74, 6) is 0. The predicted molar refractivity (Wildman–Crippen MR) is 71.2 cm³/mol. The SMILES string of the molecule is N#Cc1cc(C(F)(F)F)ccc1NCCC1=CCCC1. The number of hydrogen-bond acceptors (Lipinski definition) is 2. The van der Waals surface area contributed by atoms with Gasteiger partial charge in [0, 0.05) is 6.54 Å². The van der Waals surface area contributed by atoms with Crippen LogP contribution in [0.25, 0.3) is 0 Å². The van der Waals surface area contributed by atoms with Gasteiger partial charge in [0.05, 0.1) is 16.8 Å². The van der Waals surface area contributed by atoms with Crippen LogP contribution < -0.4 is 5.32 Å². The first-order valence-corrected chi connectivity index (χ1v) is 6.54. The van der Waals surface area contributed by atoms with Crippen LogP contribution in [0, 0.1) is 11.3 Å². The summed E-state index contributed by atoms with van der Waals surface area (Å²) < 4.78 is 37.7. The fourth-order valence-corrected chi connectivity index (χ4v) is 2.29. The normalized spacial score (nSPS) is 14.8. The van der Waals surface area contributed by atoms with E-state index in [1.165, 1.54) is 18.1 Å². The molecule has 2 rings (SSSR count). The summed E-state index contributed by atoms with van der Waals surface area (Å²) in [6.07, 6.45) is 2.04. The number of allylic oxidation sites excluding steroid dienone is 1. The first-order valence-electron chi connectivity index (χ1n) is 6.54. The summed E-state index contributed by atoms with van der Waals surface area (Å²) in [4.78, 5) is 0. The van der Waals surface area contributed by atoms with Gasteiger partial charge in [-0.25, -0.2) is 0 Å². The molecule has 5 heteroatoms. The van der Waals surface area contributed by atoms with Gasteiger partial charge in [-0.1, -0.05) is 11.6 Å². The van der Waals surface area contributed by atoms with Gasteiger partial charge < -0.3 is 5.32 Å². The highest BCUT2D eigenvalue weighted by atomic mass is 19.4. The van der Waals surface area contributed by atoms with E-state index in [2.05, 4.69) is 11.4 Å². The maximum Gasteiger partial charge on any atom is 0.416 e. The van der Waals surface area contributed by atoms with E-state index in [9.17, 15) is 13.2 Å². The Bertz CT molecular complexity index is 553. The van der Waals surface area contributed by atoms with Crippen LogP contribution in [0.2, 0.25) is 0 Å². The molecule has 1 aliphatic rings. The van der Waals surface area contributed by atoms with Crippen LogP contribution in [0.4, 0.5) is 18.9 Å². The summed E-state index contributed by atoms with van der Waals surface area (Å²) in [6, 6.07) is 5.02. The zero-order valence-corrected chi connectivity index (χ0v) is 10.9. The van der Waals surface area contributed by atoms with Gasteiger partial charge in [0.1, 0.15) is 6.07 Å². The van der Waals surface area contributed by atoms with Crippen molar-refractivity contribution in [1.82, 2.24) is 0 Å². The number of benzene rings is 1. The van der Waals surface area contributed by atoms with E-state index in [1.807, 2.05) is 6.07 Å². The molecule has 0 saturated carbocycles. The van der Waals surface area contributed by atoms with Gasteiger partial charge in [-0.3, -0.25) is 0 Å². The molecule has 0 fully saturated rings. The molecule has 0 radical (unpaired) electrons. The Balaban J connectivity index is 2.02. The molecule has 0 heterocycles. The van der Waals surface area contributed by atoms with Crippen molar-refractivity contribution in [3.63, 3.8) is 0 Å². The Morgan fingerprint density at radius 2 is 2.10 bits per heavy atom. The first-order chi connectivity index (χ1) is 9.50. The average Bonchev–Trinajstić information content (AvgIpc) is 2.91. The highest BCUT2D eigenvalue weighted by molar-refractivity contribution is 5.59. The van der Waals surface area contributed by atoms with Crippen molar-refractivity contribution in [3.05, 3.63) is 41.0 Å². The fourth-order valence-electron chi connectivity index (χ4n) is 2.29. The Kier molecular flexibility index (Phi) is 4.33. The van der Waals surface area contributed by atoms with E-state index in [-0.39, 0.29) is 5.56 Å². The van der Waals surface area contributed by atoms with E-state index < -0.39 is 11.7 Å². The lowest BCUT2D eigenvalue weighted by Crippen LogP contribution is -2.08. The summed E-state index contributed by atoms with van der Waals surface area (Å²) >= 11 is 0. The number of nitriles is 1. The van der Waals surface area contributed by atoms with Crippen molar-refractivity contribution in [2.75, 3.05) is 11.9 Å². The Morgan fingerprint density at radius 3 is 2.70 bits per heavy atom. The van der Waals surface area contributed by atoms with E-state index in [0.29, 0.717) is 12.2 Å². The Labute approximate surface area is 115 Å². The van der Waals surface area contributed by atoms with Crippen molar-refractivity contribution in [3.8, 4) is 6.07 Å². The number of hydrogen-bond donors (Lipinski definition) is 1. The third-order valence-electron chi connectivity index (χ3n) is 3.36. The third kappa shape index (κ3) is 3.53. The van der Waals surface area contributed by atoms with Crippen LogP contribution in [0.1, 0.15) is 36.8 Å². The zero-order chi connectivity index (χ0) is 14.6. The number of anilines is 1. The lowest BCUT2D eigenvalue weighted by atomic mass is 10.1. The van der Waals surface area contributed by atoms with E-state index in [0.717, 1.165) is 31.4 Å². The van der Waals surface area contributed by atoms with E-state index in [1.54, 1.807) is 0 Å². The quantitative estimate of drug-likeness (QED) is 0.825. The minimum atomic E-state index is -4.42. The summed E-state index contributed by atoms with van der Waals surface area (Å²) in [6.45, 7) is 0.631. The van der Waals surface area contributed by atoms with E-state index >= 15 is 0 Å². The summed E-state index contributed by atoms with van der Waals surface area (Å²) in [7, 11) is 0. The molecule has 0 unspecified atom stereocenters. The van der Waals surface area contributed by atoms with Crippen LogP contribution in [-0.2, 0) is 6.18 Å². The van der Waals surface area contributed by atoms with Crippen LogP contribution >= 0.6 is 0 Å². The number of nitrogens with zero attached hydrogens (tertiary/aromatic N) is 1. The molecule has 0 amide bonds. The molecule has 20 heavy (non-hydrogen) atoms. The lowest BCUT2D eigenvalue weighted by Gasteiger charge is -2.12. The molecular formula is C15H15F3N2. The lowest BCUT2D eigenvalue weighted by molar-refractivity contribution is -0.137. The second-order valence-electron chi connectivity index (χ2n) is 4.80. The van der Waals surface area contributed by atoms with E-state index in [4.69, 9.17) is 5.26 Å². The first kappa shape index (κ1) is 14.4.